The van der Waals surface area contributed by atoms with Crippen LogP contribution in [-0.4, -0.2) is 70.8 Å². The number of carbonyl (C=O) groups excluding carboxylic acids is 1. The van der Waals surface area contributed by atoms with Gasteiger partial charge in [-0.15, -0.1) is 0 Å². The van der Waals surface area contributed by atoms with Gasteiger partial charge in [0.15, 0.2) is 6.10 Å². The number of amides is 1. The Kier molecular flexibility index (Phi) is 6.93. The predicted octanol–water partition coefficient (Wildman–Crippen LogP) is 2.79. The van der Waals surface area contributed by atoms with E-state index in [4.69, 9.17) is 4.74 Å². The van der Waals surface area contributed by atoms with Gasteiger partial charge in [-0.3, -0.25) is 9.10 Å². The van der Waals surface area contributed by atoms with E-state index in [1.165, 1.54) is 13.5 Å². The minimum Gasteiger partial charge on any atom is -0.476 e. The van der Waals surface area contributed by atoms with E-state index in [0.717, 1.165) is 11.1 Å². The van der Waals surface area contributed by atoms with Crippen LogP contribution in [-0.2, 0) is 24.8 Å². The first-order chi connectivity index (χ1) is 18.1. The lowest BCUT2D eigenvalue weighted by Crippen LogP contribution is -2.56. The Morgan fingerprint density at radius 3 is 1.84 bits per heavy atom. The summed E-state index contributed by atoms with van der Waals surface area (Å²) < 4.78 is 61.8. The van der Waals surface area contributed by atoms with E-state index in [9.17, 15) is 21.6 Å². The van der Waals surface area contributed by atoms with Gasteiger partial charge in [-0.2, -0.15) is 4.31 Å². The number of ether oxygens (including phenoxy) is 1. The van der Waals surface area contributed by atoms with E-state index in [0.29, 0.717) is 11.4 Å². The Labute approximate surface area is 223 Å². The van der Waals surface area contributed by atoms with E-state index >= 15 is 0 Å². The van der Waals surface area contributed by atoms with Crippen LogP contribution in [0.3, 0.4) is 0 Å². The van der Waals surface area contributed by atoms with E-state index in [-0.39, 0.29) is 48.4 Å². The standard InChI is InChI=1S/C27H29N3O6S2/c1-20-7-11-22(12-8-20)37(32,33)29-17-15-28(16-18-29)27(31)26-19-30(24-5-3-4-6-25(24)36-26)38(34,35)23-13-9-21(2)10-14-23/h3-14,26H,15-19H2,1-2H3/t26-/m0/s1. The summed E-state index contributed by atoms with van der Waals surface area (Å²) in [6.45, 7) is 4.20. The van der Waals surface area contributed by atoms with Gasteiger partial charge >= 0.3 is 0 Å². The molecule has 1 fully saturated rings. The molecule has 3 aromatic carbocycles. The van der Waals surface area contributed by atoms with Crippen molar-refractivity contribution < 1.29 is 26.4 Å². The van der Waals surface area contributed by atoms with Crippen molar-refractivity contribution in [2.24, 2.45) is 0 Å². The van der Waals surface area contributed by atoms with Crippen molar-refractivity contribution >= 4 is 31.6 Å². The molecule has 0 N–H and O–H groups in total. The van der Waals surface area contributed by atoms with Crippen molar-refractivity contribution in [3.8, 4) is 5.75 Å². The summed E-state index contributed by atoms with van der Waals surface area (Å²) in [7, 11) is -7.63. The third-order valence-electron chi connectivity index (χ3n) is 6.83. The van der Waals surface area contributed by atoms with E-state index < -0.39 is 26.2 Å². The van der Waals surface area contributed by atoms with Crippen LogP contribution < -0.4 is 9.04 Å². The molecule has 1 saturated heterocycles. The molecule has 5 rings (SSSR count). The number of piperazine rings is 1. The van der Waals surface area contributed by atoms with Gasteiger partial charge in [0, 0.05) is 26.2 Å². The number of carbonyl (C=O) groups is 1. The smallest absolute Gasteiger partial charge is 0.265 e. The van der Waals surface area contributed by atoms with Crippen LogP contribution in [0.25, 0.3) is 0 Å². The van der Waals surface area contributed by atoms with Gasteiger partial charge in [0.05, 0.1) is 22.0 Å². The van der Waals surface area contributed by atoms with Crippen LogP contribution >= 0.6 is 0 Å². The van der Waals surface area contributed by atoms with Gasteiger partial charge in [-0.1, -0.05) is 47.5 Å². The fourth-order valence-corrected chi connectivity index (χ4v) is 7.51. The largest absolute Gasteiger partial charge is 0.476 e. The number of hydrogen-bond acceptors (Lipinski definition) is 6. The topological polar surface area (TPSA) is 104 Å². The highest BCUT2D eigenvalue weighted by molar-refractivity contribution is 7.92. The first-order valence-electron chi connectivity index (χ1n) is 12.3. The van der Waals surface area contributed by atoms with Crippen molar-refractivity contribution in [2.45, 2.75) is 29.7 Å². The Balaban J connectivity index is 1.34. The van der Waals surface area contributed by atoms with Crippen LogP contribution in [0, 0.1) is 13.8 Å². The molecule has 200 valence electrons. The van der Waals surface area contributed by atoms with Crippen molar-refractivity contribution in [3.63, 3.8) is 0 Å². The van der Waals surface area contributed by atoms with Gasteiger partial charge in [-0.25, -0.2) is 16.8 Å². The Hall–Kier alpha value is -3.41. The lowest BCUT2D eigenvalue weighted by atomic mass is 10.2. The van der Waals surface area contributed by atoms with Crippen molar-refractivity contribution in [1.82, 2.24) is 9.21 Å². The first-order valence-corrected chi connectivity index (χ1v) is 15.2. The minimum absolute atomic E-state index is 0.126. The second-order valence-corrected chi connectivity index (χ2v) is 13.3. The maximum Gasteiger partial charge on any atom is 0.265 e. The average molecular weight is 556 g/mol. The zero-order valence-electron chi connectivity index (χ0n) is 21.1. The first kappa shape index (κ1) is 26.2. The molecule has 0 spiro atoms. The summed E-state index contributed by atoms with van der Waals surface area (Å²) in [6, 6.07) is 19.9. The van der Waals surface area contributed by atoms with Crippen LogP contribution in [0.1, 0.15) is 11.1 Å². The fourth-order valence-electron chi connectivity index (χ4n) is 4.61. The Morgan fingerprint density at radius 1 is 0.737 bits per heavy atom. The van der Waals surface area contributed by atoms with Gasteiger partial charge in [0.2, 0.25) is 10.0 Å². The predicted molar refractivity (Wildman–Crippen MR) is 143 cm³/mol. The molecular formula is C27H29N3O6S2. The fraction of sp³-hybridized carbons (Fsp3) is 0.296. The number of para-hydroxylation sites is 2. The summed E-state index contributed by atoms with van der Waals surface area (Å²) >= 11 is 0. The molecular weight excluding hydrogens is 526 g/mol. The van der Waals surface area contributed by atoms with Gasteiger partial charge < -0.3 is 9.64 Å². The van der Waals surface area contributed by atoms with Crippen molar-refractivity contribution in [3.05, 3.63) is 83.9 Å². The molecule has 3 aromatic rings. The molecule has 0 unspecified atom stereocenters. The second kappa shape index (κ2) is 10.0. The molecule has 1 atom stereocenters. The Morgan fingerprint density at radius 2 is 1.26 bits per heavy atom. The highest BCUT2D eigenvalue weighted by Crippen LogP contribution is 2.37. The number of fused-ring (bicyclic) bond motifs is 1. The number of anilines is 1. The summed E-state index contributed by atoms with van der Waals surface area (Å²) in [5.41, 5.74) is 2.26. The minimum atomic E-state index is -3.96. The molecule has 2 heterocycles. The van der Waals surface area contributed by atoms with Gasteiger partial charge in [0.1, 0.15) is 5.75 Å². The number of sulfonamides is 2. The number of rotatable bonds is 5. The Bertz CT molecular complexity index is 1550. The van der Waals surface area contributed by atoms with Crippen LogP contribution in [0.2, 0.25) is 0 Å². The van der Waals surface area contributed by atoms with Crippen LogP contribution in [0.15, 0.2) is 82.6 Å². The molecule has 0 radical (unpaired) electrons. The third kappa shape index (κ3) is 4.89. The normalized spacial score (nSPS) is 18.5. The molecule has 0 aromatic heterocycles. The molecule has 2 aliphatic rings. The molecule has 0 saturated carbocycles. The summed E-state index contributed by atoms with van der Waals surface area (Å²) in [4.78, 5) is 15.4. The monoisotopic (exact) mass is 555 g/mol. The zero-order valence-corrected chi connectivity index (χ0v) is 22.8. The van der Waals surface area contributed by atoms with E-state index in [1.807, 2.05) is 13.8 Å². The quantitative estimate of drug-likeness (QED) is 0.480. The number of benzene rings is 3. The summed E-state index contributed by atoms with van der Waals surface area (Å²) in [6.07, 6.45) is -1.06. The molecule has 11 heteroatoms. The molecule has 0 aliphatic carbocycles. The average Bonchev–Trinajstić information content (AvgIpc) is 2.92. The lowest BCUT2D eigenvalue weighted by molar-refractivity contribution is -0.139. The summed E-state index contributed by atoms with van der Waals surface area (Å²) in [5.74, 6) is -0.0793. The maximum absolute atomic E-state index is 13.6. The zero-order chi connectivity index (χ0) is 27.1. The molecule has 1 amide bonds. The SMILES string of the molecule is Cc1ccc(S(=O)(=O)N2CCN(C(=O)[C@@H]3CN(S(=O)(=O)c4ccc(C)cc4)c4ccccc4O3)CC2)cc1. The van der Waals surface area contributed by atoms with Crippen LogP contribution in [0.5, 0.6) is 5.75 Å². The highest BCUT2D eigenvalue weighted by atomic mass is 32.2. The molecule has 38 heavy (non-hydrogen) atoms. The second-order valence-electron chi connectivity index (χ2n) is 9.47. The van der Waals surface area contributed by atoms with E-state index in [1.54, 1.807) is 72.8 Å². The molecule has 0 bridgehead atoms. The van der Waals surface area contributed by atoms with Gasteiger partial charge in [-0.05, 0) is 50.2 Å². The van der Waals surface area contributed by atoms with Crippen LogP contribution in [0.4, 0.5) is 5.69 Å². The van der Waals surface area contributed by atoms with E-state index in [2.05, 4.69) is 0 Å². The third-order valence-corrected chi connectivity index (χ3v) is 10.5. The number of nitrogens with zero attached hydrogens (tertiary/aromatic N) is 3. The maximum atomic E-state index is 13.6. The number of aryl methyl sites for hydroxylation is 2. The van der Waals surface area contributed by atoms with Crippen molar-refractivity contribution in [2.75, 3.05) is 37.0 Å². The van der Waals surface area contributed by atoms with Gasteiger partial charge in [0.25, 0.3) is 15.9 Å². The molecule has 9 nitrogen and oxygen atoms in total. The summed E-state index contributed by atoms with van der Waals surface area (Å²) in [5, 5.41) is 0. The lowest BCUT2D eigenvalue weighted by Gasteiger charge is -2.39. The number of hydrogen-bond donors (Lipinski definition) is 0. The van der Waals surface area contributed by atoms with Crippen molar-refractivity contribution in [1.29, 1.82) is 0 Å². The molecule has 2 aliphatic heterocycles. The highest BCUT2D eigenvalue weighted by Gasteiger charge is 2.40.